The van der Waals surface area contributed by atoms with Gasteiger partial charge in [0.25, 0.3) is 0 Å². The molecule has 1 aliphatic rings. The normalized spacial score (nSPS) is 21.9. The number of anilines is 1. The predicted octanol–water partition coefficient (Wildman–Crippen LogP) is 0.324. The smallest absolute Gasteiger partial charge is 0.242 e. The van der Waals surface area contributed by atoms with Gasteiger partial charge in [0.05, 0.1) is 33.0 Å². The van der Waals surface area contributed by atoms with E-state index in [-0.39, 0.29) is 30.0 Å². The van der Waals surface area contributed by atoms with Crippen LogP contribution in [-0.4, -0.2) is 67.0 Å². The van der Waals surface area contributed by atoms with Gasteiger partial charge in [-0.05, 0) is 11.6 Å². The molecule has 0 saturated carbocycles. The van der Waals surface area contributed by atoms with Crippen LogP contribution in [-0.2, 0) is 9.47 Å². The fraction of sp³-hybridized carbons (Fsp3) is 0.583. The van der Waals surface area contributed by atoms with Gasteiger partial charge in [-0.1, -0.05) is 0 Å². The molecule has 2 atom stereocenters. The number of aliphatic hydroxyl groups excluding tert-OH is 1. The Balaban J connectivity index is 2.01. The quantitative estimate of drug-likeness (QED) is 0.512. The van der Waals surface area contributed by atoms with Crippen molar-refractivity contribution in [3.05, 3.63) is 11.0 Å². The summed E-state index contributed by atoms with van der Waals surface area (Å²) in [5.74, 6) is 0.262. The van der Waals surface area contributed by atoms with Gasteiger partial charge >= 0.3 is 0 Å². The lowest BCUT2D eigenvalue weighted by atomic mass is 10.2. The van der Waals surface area contributed by atoms with Crippen LogP contribution in [0.2, 0.25) is 5.28 Å². The molecule has 1 aliphatic heterocycles. The van der Waals surface area contributed by atoms with Crippen LogP contribution in [0.3, 0.4) is 0 Å². The predicted molar refractivity (Wildman–Crippen MR) is 76.5 cm³/mol. The minimum Gasteiger partial charge on any atom is -0.479 e. The van der Waals surface area contributed by atoms with Crippen LogP contribution in [0.4, 0.5) is 5.69 Å². The molecule has 2 unspecified atom stereocenters. The second-order valence-corrected chi connectivity index (χ2v) is 4.72. The molecule has 8 nitrogen and oxygen atoms in total. The molecule has 3 N–H and O–H groups in total. The van der Waals surface area contributed by atoms with E-state index in [9.17, 15) is 0 Å². The van der Waals surface area contributed by atoms with Gasteiger partial charge in [0, 0.05) is 12.8 Å². The molecule has 2 rings (SSSR count). The fourth-order valence-electron chi connectivity index (χ4n) is 1.87. The summed E-state index contributed by atoms with van der Waals surface area (Å²) in [7, 11) is 1.46. The monoisotopic (exact) mass is 316 g/mol. The lowest BCUT2D eigenvalue weighted by Gasteiger charge is -2.29. The summed E-state index contributed by atoms with van der Waals surface area (Å²) in [5, 5.41) is 19.4. The van der Waals surface area contributed by atoms with E-state index in [1.165, 1.54) is 7.11 Å². The number of ether oxygens (including phenoxy) is 3. The lowest BCUT2D eigenvalue weighted by Crippen LogP contribution is -2.41. The molecule has 1 fully saturated rings. The molecule has 2 heterocycles. The molecule has 1 saturated heterocycles. The molecule has 0 bridgehead atoms. The SMILES string of the molecule is COc1nc(Cl)nc(C=N)c1NCC1COC(CO)CO1. The van der Waals surface area contributed by atoms with Crippen LogP contribution >= 0.6 is 11.6 Å². The van der Waals surface area contributed by atoms with Crippen LogP contribution in [0.25, 0.3) is 0 Å². The number of hydrogen-bond donors (Lipinski definition) is 3. The summed E-state index contributed by atoms with van der Waals surface area (Å²) < 4.78 is 16.1. The molecule has 0 aromatic carbocycles. The molecule has 0 spiro atoms. The summed E-state index contributed by atoms with van der Waals surface area (Å²) in [4.78, 5) is 7.90. The molecule has 0 radical (unpaired) electrons. The number of rotatable bonds is 6. The number of halogens is 1. The number of aliphatic hydroxyl groups is 1. The van der Waals surface area contributed by atoms with E-state index < -0.39 is 0 Å². The zero-order chi connectivity index (χ0) is 15.2. The Labute approximate surface area is 126 Å². The average molecular weight is 317 g/mol. The summed E-state index contributed by atoms with van der Waals surface area (Å²) in [6.07, 6.45) is 0.622. The Morgan fingerprint density at radius 1 is 1.43 bits per heavy atom. The first-order valence-corrected chi connectivity index (χ1v) is 6.75. The first-order valence-electron chi connectivity index (χ1n) is 6.37. The van der Waals surface area contributed by atoms with E-state index in [1.807, 2.05) is 0 Å². The Hall–Kier alpha value is -1.48. The van der Waals surface area contributed by atoms with Gasteiger partial charge in [-0.3, -0.25) is 0 Å². The summed E-state index contributed by atoms with van der Waals surface area (Å²) in [5.41, 5.74) is 0.807. The van der Waals surface area contributed by atoms with E-state index in [4.69, 9.17) is 36.3 Å². The maximum atomic E-state index is 8.96. The molecule has 0 aliphatic carbocycles. The fourth-order valence-corrected chi connectivity index (χ4v) is 2.04. The highest BCUT2D eigenvalue weighted by Crippen LogP contribution is 2.26. The van der Waals surface area contributed by atoms with Crippen molar-refractivity contribution >= 4 is 23.5 Å². The van der Waals surface area contributed by atoms with E-state index >= 15 is 0 Å². The maximum absolute atomic E-state index is 8.96. The maximum Gasteiger partial charge on any atom is 0.242 e. The molecular weight excluding hydrogens is 300 g/mol. The number of aromatic nitrogens is 2. The second-order valence-electron chi connectivity index (χ2n) is 4.38. The van der Waals surface area contributed by atoms with Crippen LogP contribution in [0.1, 0.15) is 5.69 Å². The van der Waals surface area contributed by atoms with Gasteiger partial charge in [-0.2, -0.15) is 4.98 Å². The van der Waals surface area contributed by atoms with Gasteiger partial charge in [0.2, 0.25) is 11.2 Å². The van der Waals surface area contributed by atoms with Gasteiger partial charge in [-0.15, -0.1) is 0 Å². The van der Waals surface area contributed by atoms with E-state index in [0.29, 0.717) is 31.1 Å². The Morgan fingerprint density at radius 2 is 2.14 bits per heavy atom. The van der Waals surface area contributed by atoms with Crippen molar-refractivity contribution in [3.63, 3.8) is 0 Å². The van der Waals surface area contributed by atoms with Crippen molar-refractivity contribution in [1.29, 1.82) is 5.41 Å². The van der Waals surface area contributed by atoms with Gasteiger partial charge in [0.1, 0.15) is 17.5 Å². The van der Waals surface area contributed by atoms with Gasteiger partial charge < -0.3 is 30.0 Å². The minimum atomic E-state index is -0.271. The highest BCUT2D eigenvalue weighted by molar-refractivity contribution is 6.28. The van der Waals surface area contributed by atoms with Crippen LogP contribution in [0.5, 0.6) is 5.88 Å². The standard InChI is InChI=1S/C12H17ClN4O4/c1-19-11-10(9(2-14)16-12(13)17-11)15-3-7-5-21-8(4-18)6-20-7/h2,7-8,14-15,18H,3-6H2,1H3. The molecule has 0 amide bonds. The largest absolute Gasteiger partial charge is 0.479 e. The first-order chi connectivity index (χ1) is 10.2. The third-order valence-corrected chi connectivity index (χ3v) is 3.12. The van der Waals surface area contributed by atoms with Crippen molar-refractivity contribution in [2.75, 3.05) is 38.8 Å². The average Bonchev–Trinajstić information content (AvgIpc) is 2.53. The van der Waals surface area contributed by atoms with E-state index in [1.54, 1.807) is 0 Å². The molecule has 9 heteroatoms. The van der Waals surface area contributed by atoms with Crippen LogP contribution < -0.4 is 10.1 Å². The topological polar surface area (TPSA) is 110 Å². The number of nitrogens with zero attached hydrogens (tertiary/aromatic N) is 2. The third kappa shape index (κ3) is 4.01. The van der Waals surface area contributed by atoms with Crippen molar-refractivity contribution in [1.82, 2.24) is 9.97 Å². The first kappa shape index (κ1) is 15.9. The minimum absolute atomic E-state index is 0.0129. The second kappa shape index (κ2) is 7.51. The number of nitrogens with one attached hydrogen (secondary N) is 2. The molecule has 116 valence electrons. The highest BCUT2D eigenvalue weighted by Gasteiger charge is 2.22. The zero-order valence-corrected chi connectivity index (χ0v) is 12.3. The zero-order valence-electron chi connectivity index (χ0n) is 11.5. The molecule has 1 aromatic heterocycles. The summed E-state index contributed by atoms with van der Waals surface area (Å²) in [6.45, 7) is 1.08. The molecule has 1 aromatic rings. The van der Waals surface area contributed by atoms with Crippen LogP contribution in [0.15, 0.2) is 0 Å². The van der Waals surface area contributed by atoms with E-state index in [0.717, 1.165) is 6.21 Å². The number of hydrogen-bond acceptors (Lipinski definition) is 8. The highest BCUT2D eigenvalue weighted by atomic mass is 35.5. The van der Waals surface area contributed by atoms with Crippen molar-refractivity contribution in [2.24, 2.45) is 0 Å². The van der Waals surface area contributed by atoms with Gasteiger partial charge in [-0.25, -0.2) is 4.98 Å². The Morgan fingerprint density at radius 3 is 2.71 bits per heavy atom. The van der Waals surface area contributed by atoms with Crippen molar-refractivity contribution in [2.45, 2.75) is 12.2 Å². The van der Waals surface area contributed by atoms with E-state index in [2.05, 4.69) is 15.3 Å². The van der Waals surface area contributed by atoms with Crippen molar-refractivity contribution < 1.29 is 19.3 Å². The van der Waals surface area contributed by atoms with Gasteiger partial charge in [0.15, 0.2) is 0 Å². The van der Waals surface area contributed by atoms with Crippen molar-refractivity contribution in [3.8, 4) is 5.88 Å². The summed E-state index contributed by atoms with van der Waals surface area (Å²) >= 11 is 5.76. The Bertz CT molecular complexity index is 494. The number of methoxy groups -OCH3 is 1. The lowest BCUT2D eigenvalue weighted by molar-refractivity contribution is -0.140. The van der Waals surface area contributed by atoms with Crippen LogP contribution in [0, 0.1) is 5.41 Å². The molecular formula is C12H17ClN4O4. The summed E-state index contributed by atoms with van der Waals surface area (Å²) in [6, 6.07) is 0. The Kier molecular flexibility index (Phi) is 5.68. The molecule has 21 heavy (non-hydrogen) atoms. The third-order valence-electron chi connectivity index (χ3n) is 2.95.